The summed E-state index contributed by atoms with van der Waals surface area (Å²) in [7, 11) is 0. The van der Waals surface area contributed by atoms with Gasteiger partial charge in [-0.05, 0) is 38.3 Å². The molecule has 0 unspecified atom stereocenters. The van der Waals surface area contributed by atoms with Crippen LogP contribution in [0.25, 0.3) is 0 Å². The number of benzene rings is 1. The molecular weight excluding hydrogens is 222 g/mol. The number of hydrogen-bond donors (Lipinski definition) is 0. The highest BCUT2D eigenvalue weighted by Gasteiger charge is 2.13. The van der Waals surface area contributed by atoms with Crippen molar-refractivity contribution >= 4 is 12.0 Å². The molecule has 0 N–H and O–H groups in total. The third-order valence-corrected chi connectivity index (χ3v) is 3.00. The van der Waals surface area contributed by atoms with Gasteiger partial charge in [-0.3, -0.25) is 9.79 Å². The zero-order valence-corrected chi connectivity index (χ0v) is 11.7. The maximum absolute atomic E-state index is 12.4. The van der Waals surface area contributed by atoms with Crippen molar-refractivity contribution in [1.29, 1.82) is 0 Å². The normalized spacial score (nSPS) is 12.1. The molecule has 0 aliphatic carbocycles. The minimum atomic E-state index is 0.00560. The molecule has 2 nitrogen and oxygen atoms in total. The van der Waals surface area contributed by atoms with Crippen LogP contribution in [0.2, 0.25) is 0 Å². The third kappa shape index (κ3) is 3.39. The van der Waals surface area contributed by atoms with Gasteiger partial charge >= 0.3 is 0 Å². The third-order valence-electron chi connectivity index (χ3n) is 3.00. The van der Waals surface area contributed by atoms with Crippen molar-refractivity contribution in [1.82, 2.24) is 0 Å². The van der Waals surface area contributed by atoms with Crippen LogP contribution in [-0.2, 0) is 0 Å². The number of ketones is 1. The maximum Gasteiger partial charge on any atom is 0.211 e. The van der Waals surface area contributed by atoms with Crippen molar-refractivity contribution in [2.75, 3.05) is 0 Å². The number of allylic oxidation sites excluding steroid dienone is 2. The quantitative estimate of drug-likeness (QED) is 0.431. The van der Waals surface area contributed by atoms with Gasteiger partial charge in [0.2, 0.25) is 5.78 Å². The number of rotatable bonds is 5. The number of aryl methyl sites for hydroxylation is 1. The van der Waals surface area contributed by atoms with Crippen LogP contribution in [0.1, 0.15) is 48.2 Å². The summed E-state index contributed by atoms with van der Waals surface area (Å²) in [6, 6.07) is 5.80. The van der Waals surface area contributed by atoms with Crippen LogP contribution in [-0.4, -0.2) is 12.0 Å². The predicted octanol–water partition coefficient (Wildman–Crippen LogP) is 4.26. The largest absolute Gasteiger partial charge is 0.287 e. The van der Waals surface area contributed by atoms with Gasteiger partial charge in [0, 0.05) is 11.8 Å². The number of carbonyl (C=O) groups excluding carboxylic acids is 1. The summed E-state index contributed by atoms with van der Waals surface area (Å²) >= 11 is 0. The molecule has 0 aliphatic rings. The van der Waals surface area contributed by atoms with Gasteiger partial charge in [0.25, 0.3) is 0 Å². The molecule has 1 aromatic rings. The van der Waals surface area contributed by atoms with E-state index in [0.29, 0.717) is 5.70 Å². The standard InChI is InChI=1S/C16H21NO/c1-5-7-11-17-15(6-2)16(18)14-10-8-9-12(3)13(14)4/h6,8-11H,5,7H2,1-4H3/b15-6-,17-11?. The van der Waals surface area contributed by atoms with Crippen LogP contribution in [0.5, 0.6) is 0 Å². The molecule has 1 rings (SSSR count). The summed E-state index contributed by atoms with van der Waals surface area (Å²) < 4.78 is 0. The van der Waals surface area contributed by atoms with Gasteiger partial charge < -0.3 is 0 Å². The Labute approximate surface area is 109 Å². The monoisotopic (exact) mass is 243 g/mol. The summed E-state index contributed by atoms with van der Waals surface area (Å²) in [5, 5.41) is 0. The first kappa shape index (κ1) is 14.4. The van der Waals surface area contributed by atoms with E-state index in [1.54, 1.807) is 6.08 Å². The van der Waals surface area contributed by atoms with Crippen LogP contribution in [0.15, 0.2) is 35.0 Å². The number of carbonyl (C=O) groups is 1. The van der Waals surface area contributed by atoms with Crippen LogP contribution in [0, 0.1) is 13.8 Å². The lowest BCUT2D eigenvalue weighted by Gasteiger charge is -2.07. The Morgan fingerprint density at radius 1 is 1.33 bits per heavy atom. The summed E-state index contributed by atoms with van der Waals surface area (Å²) in [6.45, 7) is 7.93. The lowest BCUT2D eigenvalue weighted by Crippen LogP contribution is -2.05. The second kappa shape index (κ2) is 6.90. The van der Waals surface area contributed by atoms with E-state index in [4.69, 9.17) is 0 Å². The van der Waals surface area contributed by atoms with Crippen LogP contribution >= 0.6 is 0 Å². The van der Waals surface area contributed by atoms with Crippen molar-refractivity contribution < 1.29 is 4.79 Å². The Hall–Kier alpha value is -1.70. The molecular formula is C16H21NO. The molecule has 2 heteroatoms. The smallest absolute Gasteiger partial charge is 0.211 e. The second-order valence-corrected chi connectivity index (χ2v) is 4.35. The molecule has 0 fully saturated rings. The average molecular weight is 243 g/mol. The van der Waals surface area contributed by atoms with E-state index in [9.17, 15) is 4.79 Å². The van der Waals surface area contributed by atoms with Gasteiger partial charge in [-0.25, -0.2) is 0 Å². The van der Waals surface area contributed by atoms with Crippen molar-refractivity contribution in [2.45, 2.75) is 40.5 Å². The van der Waals surface area contributed by atoms with Crippen LogP contribution in [0.4, 0.5) is 0 Å². The number of hydrogen-bond acceptors (Lipinski definition) is 2. The van der Waals surface area contributed by atoms with Gasteiger partial charge in [0.05, 0.1) is 0 Å². The molecule has 0 heterocycles. The maximum atomic E-state index is 12.4. The molecule has 0 spiro atoms. The lowest BCUT2D eigenvalue weighted by atomic mass is 9.98. The molecule has 0 aliphatic heterocycles. The summed E-state index contributed by atoms with van der Waals surface area (Å²) in [6.07, 6.45) is 5.53. The first-order valence-corrected chi connectivity index (χ1v) is 6.41. The summed E-state index contributed by atoms with van der Waals surface area (Å²) in [5.41, 5.74) is 3.44. The molecule has 1 aromatic carbocycles. The van der Waals surface area contributed by atoms with E-state index in [1.807, 2.05) is 45.2 Å². The fourth-order valence-corrected chi connectivity index (χ4v) is 1.69. The van der Waals surface area contributed by atoms with Gasteiger partial charge in [-0.1, -0.05) is 37.6 Å². The van der Waals surface area contributed by atoms with E-state index in [1.165, 1.54) is 0 Å². The Morgan fingerprint density at radius 2 is 2.06 bits per heavy atom. The van der Waals surface area contributed by atoms with Gasteiger partial charge in [0.1, 0.15) is 5.70 Å². The molecule has 0 saturated heterocycles. The Kier molecular flexibility index (Phi) is 5.50. The SMILES string of the molecule is C/C=C(\N=CCCC)C(=O)c1cccc(C)c1C. The van der Waals surface area contributed by atoms with Gasteiger partial charge in [0.15, 0.2) is 0 Å². The minimum absolute atomic E-state index is 0.00560. The highest BCUT2D eigenvalue weighted by Crippen LogP contribution is 2.17. The fraction of sp³-hybridized carbons (Fsp3) is 0.375. The average Bonchev–Trinajstić information content (AvgIpc) is 2.37. The molecule has 0 radical (unpaired) electrons. The van der Waals surface area contributed by atoms with E-state index >= 15 is 0 Å². The zero-order chi connectivity index (χ0) is 13.5. The Morgan fingerprint density at radius 3 is 2.67 bits per heavy atom. The second-order valence-electron chi connectivity index (χ2n) is 4.35. The van der Waals surface area contributed by atoms with E-state index in [2.05, 4.69) is 11.9 Å². The highest BCUT2D eigenvalue weighted by atomic mass is 16.1. The fourth-order valence-electron chi connectivity index (χ4n) is 1.69. The van der Waals surface area contributed by atoms with E-state index < -0.39 is 0 Å². The summed E-state index contributed by atoms with van der Waals surface area (Å²) in [5.74, 6) is 0.00560. The summed E-state index contributed by atoms with van der Waals surface area (Å²) in [4.78, 5) is 16.6. The van der Waals surface area contributed by atoms with Crippen LogP contribution in [0.3, 0.4) is 0 Å². The van der Waals surface area contributed by atoms with Crippen molar-refractivity contribution in [3.05, 3.63) is 46.7 Å². The molecule has 0 bridgehead atoms. The van der Waals surface area contributed by atoms with Crippen molar-refractivity contribution in [2.24, 2.45) is 4.99 Å². The molecule has 96 valence electrons. The number of nitrogens with zero attached hydrogens (tertiary/aromatic N) is 1. The number of unbranched alkanes of at least 4 members (excludes halogenated alkanes) is 1. The van der Waals surface area contributed by atoms with Crippen LogP contribution < -0.4 is 0 Å². The zero-order valence-electron chi connectivity index (χ0n) is 11.7. The number of Topliss-reactive ketones (excluding diaryl/α,β-unsaturated/α-hetero) is 1. The molecule has 0 saturated carbocycles. The molecule has 0 aromatic heterocycles. The number of aliphatic imine (C=N–C) groups is 1. The Bertz CT molecular complexity index is 484. The van der Waals surface area contributed by atoms with E-state index in [-0.39, 0.29) is 5.78 Å². The Balaban J connectivity index is 3.02. The van der Waals surface area contributed by atoms with Crippen molar-refractivity contribution in [3.63, 3.8) is 0 Å². The minimum Gasteiger partial charge on any atom is -0.287 e. The lowest BCUT2D eigenvalue weighted by molar-refractivity contribution is 0.103. The van der Waals surface area contributed by atoms with Gasteiger partial charge in [-0.15, -0.1) is 0 Å². The predicted molar refractivity (Wildman–Crippen MR) is 77.4 cm³/mol. The van der Waals surface area contributed by atoms with Crippen molar-refractivity contribution in [3.8, 4) is 0 Å². The first-order valence-electron chi connectivity index (χ1n) is 6.41. The first-order chi connectivity index (χ1) is 8.61. The topological polar surface area (TPSA) is 29.4 Å². The molecule has 0 amide bonds. The molecule has 18 heavy (non-hydrogen) atoms. The highest BCUT2D eigenvalue weighted by molar-refractivity contribution is 6.10. The van der Waals surface area contributed by atoms with E-state index in [0.717, 1.165) is 29.5 Å². The molecule has 0 atom stereocenters. The van der Waals surface area contributed by atoms with Gasteiger partial charge in [-0.2, -0.15) is 0 Å².